The zero-order valence-corrected chi connectivity index (χ0v) is 15.6. The van der Waals surface area contributed by atoms with Crippen molar-refractivity contribution in [2.45, 2.75) is 77.7 Å². The molecule has 128 valence electrons. The van der Waals surface area contributed by atoms with Gasteiger partial charge in [0.05, 0.1) is 0 Å². The first-order chi connectivity index (χ1) is 11.2. The van der Waals surface area contributed by atoms with Crippen molar-refractivity contribution in [3.8, 4) is 0 Å². The van der Waals surface area contributed by atoms with E-state index in [-0.39, 0.29) is 0 Å². The van der Waals surface area contributed by atoms with E-state index in [2.05, 4.69) is 48.3 Å². The fourth-order valence-corrected chi connectivity index (χ4v) is 3.79. The number of nitrogens with one attached hydrogen (secondary N) is 1. The molecule has 23 heavy (non-hydrogen) atoms. The summed E-state index contributed by atoms with van der Waals surface area (Å²) in [6.07, 6.45) is 11.9. The second kappa shape index (κ2) is 9.92. The van der Waals surface area contributed by atoms with Crippen LogP contribution in [0.3, 0.4) is 0 Å². The van der Waals surface area contributed by atoms with Crippen molar-refractivity contribution < 1.29 is 0 Å². The van der Waals surface area contributed by atoms with E-state index in [1.54, 1.807) is 0 Å². The van der Waals surface area contributed by atoms with E-state index in [9.17, 15) is 0 Å². The molecule has 0 bridgehead atoms. The van der Waals surface area contributed by atoms with E-state index < -0.39 is 0 Å². The van der Waals surface area contributed by atoms with E-state index in [1.165, 1.54) is 62.6 Å². The third kappa shape index (κ3) is 5.49. The summed E-state index contributed by atoms with van der Waals surface area (Å²) >= 11 is 5.63. The van der Waals surface area contributed by atoms with Crippen LogP contribution in [0.4, 0.5) is 5.69 Å². The number of para-hydroxylation sites is 1. The molecule has 0 fully saturated rings. The number of hydrogen-bond acceptors (Lipinski definition) is 1. The summed E-state index contributed by atoms with van der Waals surface area (Å²) < 4.78 is 0. The molecule has 1 aromatic carbocycles. The average molecular weight is 333 g/mol. The second-order valence-corrected chi connectivity index (χ2v) is 7.15. The van der Waals surface area contributed by atoms with Gasteiger partial charge in [-0.3, -0.25) is 0 Å². The third-order valence-electron chi connectivity index (χ3n) is 4.73. The lowest BCUT2D eigenvalue weighted by atomic mass is 10.1. The smallest absolute Gasteiger partial charge is 0.173 e. The van der Waals surface area contributed by atoms with E-state index in [1.807, 2.05) is 0 Å². The van der Waals surface area contributed by atoms with Gasteiger partial charge in [0.1, 0.15) is 0 Å². The van der Waals surface area contributed by atoms with Crippen LogP contribution in [0.5, 0.6) is 0 Å². The van der Waals surface area contributed by atoms with Crippen LogP contribution in [-0.2, 0) is 6.42 Å². The number of fused-ring (bicyclic) bond motifs is 1. The molecule has 1 N–H and O–H groups in total. The summed E-state index contributed by atoms with van der Waals surface area (Å²) in [6, 6.07) is 9.08. The predicted molar refractivity (Wildman–Crippen MR) is 105 cm³/mol. The van der Waals surface area contributed by atoms with E-state index in [4.69, 9.17) is 12.2 Å². The average Bonchev–Trinajstić information content (AvgIpc) is 2.89. The lowest BCUT2D eigenvalue weighted by Crippen LogP contribution is -2.43. The number of hydrogen-bond donors (Lipinski definition) is 1. The fourth-order valence-electron chi connectivity index (χ4n) is 3.41. The Balaban J connectivity index is 1.62. The van der Waals surface area contributed by atoms with Crippen LogP contribution in [0.1, 0.15) is 70.8 Å². The van der Waals surface area contributed by atoms with Gasteiger partial charge in [-0.15, -0.1) is 0 Å². The minimum atomic E-state index is 0.464. The van der Waals surface area contributed by atoms with Crippen LogP contribution in [0.15, 0.2) is 24.3 Å². The van der Waals surface area contributed by atoms with Crippen molar-refractivity contribution in [1.29, 1.82) is 0 Å². The van der Waals surface area contributed by atoms with Gasteiger partial charge in [0.15, 0.2) is 5.11 Å². The molecule has 0 aliphatic carbocycles. The van der Waals surface area contributed by atoms with Crippen LogP contribution >= 0.6 is 12.2 Å². The Morgan fingerprint density at radius 1 is 1.09 bits per heavy atom. The van der Waals surface area contributed by atoms with Gasteiger partial charge in [-0.1, -0.05) is 70.1 Å². The van der Waals surface area contributed by atoms with Gasteiger partial charge in [0, 0.05) is 18.3 Å². The summed E-state index contributed by atoms with van der Waals surface area (Å²) in [4.78, 5) is 2.29. The molecule has 2 nitrogen and oxygen atoms in total. The number of nitrogens with zero attached hydrogens (tertiary/aromatic N) is 1. The van der Waals surface area contributed by atoms with Gasteiger partial charge in [0.25, 0.3) is 0 Å². The van der Waals surface area contributed by atoms with E-state index in [0.29, 0.717) is 6.04 Å². The van der Waals surface area contributed by atoms with Crippen molar-refractivity contribution >= 4 is 23.0 Å². The summed E-state index contributed by atoms with van der Waals surface area (Å²) in [5, 5.41) is 4.36. The van der Waals surface area contributed by atoms with Gasteiger partial charge in [-0.2, -0.15) is 0 Å². The summed E-state index contributed by atoms with van der Waals surface area (Å²) in [7, 11) is 0. The Hall–Kier alpha value is -1.09. The molecule has 0 saturated heterocycles. The van der Waals surface area contributed by atoms with Crippen molar-refractivity contribution in [2.24, 2.45) is 0 Å². The Kier molecular flexibility index (Phi) is 7.87. The minimum Gasteiger partial charge on any atom is -0.362 e. The SMILES string of the molecule is CCCCCCCCCCNC(=S)N1c2ccccc2C[C@@H]1C. The summed E-state index contributed by atoms with van der Waals surface area (Å²) in [5.74, 6) is 0. The van der Waals surface area contributed by atoms with Crippen molar-refractivity contribution in [3.63, 3.8) is 0 Å². The minimum absolute atomic E-state index is 0.464. The van der Waals surface area contributed by atoms with Crippen molar-refractivity contribution in [3.05, 3.63) is 29.8 Å². The van der Waals surface area contributed by atoms with Gasteiger partial charge >= 0.3 is 0 Å². The highest BCUT2D eigenvalue weighted by molar-refractivity contribution is 7.80. The van der Waals surface area contributed by atoms with E-state index >= 15 is 0 Å². The van der Waals surface area contributed by atoms with Crippen molar-refractivity contribution in [1.82, 2.24) is 5.32 Å². The topological polar surface area (TPSA) is 15.3 Å². The summed E-state index contributed by atoms with van der Waals surface area (Å²) in [5.41, 5.74) is 2.70. The molecule has 1 aliphatic rings. The van der Waals surface area contributed by atoms with E-state index in [0.717, 1.165) is 18.1 Å². The molecule has 0 unspecified atom stereocenters. The van der Waals surface area contributed by atoms with Crippen molar-refractivity contribution in [2.75, 3.05) is 11.4 Å². The molecule has 0 spiro atoms. The number of thiocarbonyl (C=S) groups is 1. The molecule has 1 atom stereocenters. The fraction of sp³-hybridized carbons (Fsp3) is 0.650. The molecule has 1 heterocycles. The molecular weight excluding hydrogens is 300 g/mol. The highest BCUT2D eigenvalue weighted by Gasteiger charge is 2.28. The lowest BCUT2D eigenvalue weighted by Gasteiger charge is -2.26. The Morgan fingerprint density at radius 3 is 2.48 bits per heavy atom. The highest BCUT2D eigenvalue weighted by Crippen LogP contribution is 2.31. The highest BCUT2D eigenvalue weighted by atomic mass is 32.1. The van der Waals surface area contributed by atoms with Gasteiger partial charge in [0.2, 0.25) is 0 Å². The Bertz CT molecular complexity index is 486. The molecular formula is C20H32N2S. The van der Waals surface area contributed by atoms with Crippen LogP contribution in [-0.4, -0.2) is 17.7 Å². The zero-order chi connectivity index (χ0) is 16.5. The number of rotatable bonds is 9. The van der Waals surface area contributed by atoms with Crippen LogP contribution in [0.25, 0.3) is 0 Å². The standard InChI is InChI=1S/C20H32N2S/c1-3-4-5-6-7-8-9-12-15-21-20(23)22-17(2)16-18-13-10-11-14-19(18)22/h10-11,13-14,17H,3-9,12,15-16H2,1-2H3,(H,21,23)/t17-/m0/s1. The maximum Gasteiger partial charge on any atom is 0.173 e. The maximum atomic E-state index is 5.63. The first kappa shape index (κ1) is 18.3. The number of unbranched alkanes of at least 4 members (excludes halogenated alkanes) is 7. The quantitative estimate of drug-likeness (QED) is 0.478. The largest absolute Gasteiger partial charge is 0.362 e. The molecule has 0 amide bonds. The first-order valence-corrected chi connectivity index (χ1v) is 9.79. The summed E-state index contributed by atoms with van der Waals surface area (Å²) in [6.45, 7) is 5.53. The van der Waals surface area contributed by atoms with Crippen LogP contribution in [0.2, 0.25) is 0 Å². The van der Waals surface area contributed by atoms with Gasteiger partial charge < -0.3 is 10.2 Å². The van der Waals surface area contributed by atoms with Gasteiger partial charge in [-0.25, -0.2) is 0 Å². The Labute approximate surface area is 147 Å². The zero-order valence-electron chi connectivity index (χ0n) is 14.8. The predicted octanol–water partition coefficient (Wildman–Crippen LogP) is 5.45. The molecule has 3 heteroatoms. The van der Waals surface area contributed by atoms with Crippen LogP contribution < -0.4 is 10.2 Å². The van der Waals surface area contributed by atoms with Crippen LogP contribution in [0, 0.1) is 0 Å². The normalized spacial score (nSPS) is 16.4. The molecule has 0 radical (unpaired) electrons. The molecule has 0 saturated carbocycles. The lowest BCUT2D eigenvalue weighted by molar-refractivity contribution is 0.572. The number of benzene rings is 1. The number of anilines is 1. The third-order valence-corrected chi connectivity index (χ3v) is 5.07. The molecule has 2 rings (SSSR count). The van der Waals surface area contributed by atoms with Gasteiger partial charge in [-0.05, 0) is 43.6 Å². The first-order valence-electron chi connectivity index (χ1n) is 9.39. The maximum absolute atomic E-state index is 5.63. The Morgan fingerprint density at radius 2 is 1.74 bits per heavy atom. The second-order valence-electron chi connectivity index (χ2n) is 6.76. The molecule has 1 aromatic rings. The molecule has 0 aromatic heterocycles. The molecule has 1 aliphatic heterocycles. The monoisotopic (exact) mass is 332 g/mol.